The Hall–Kier alpha value is -0.900. The molecule has 0 spiro atoms. The Labute approximate surface area is 117 Å². The van der Waals surface area contributed by atoms with Crippen molar-refractivity contribution in [1.29, 1.82) is 0 Å². The van der Waals surface area contributed by atoms with Crippen LogP contribution in [0.15, 0.2) is 30.3 Å². The summed E-state index contributed by atoms with van der Waals surface area (Å²) < 4.78 is 0. The van der Waals surface area contributed by atoms with E-state index in [4.69, 9.17) is 5.73 Å². The second-order valence-corrected chi connectivity index (χ2v) is 5.46. The van der Waals surface area contributed by atoms with Gasteiger partial charge in [-0.25, -0.2) is 0 Å². The molecule has 0 aliphatic carbocycles. The number of nitrogens with two attached hydrogens (primary N) is 1. The predicted octanol–water partition coefficient (Wildman–Crippen LogP) is 2.10. The van der Waals surface area contributed by atoms with Gasteiger partial charge in [0.2, 0.25) is 0 Å². The zero-order valence-electron chi connectivity index (χ0n) is 12.1. The summed E-state index contributed by atoms with van der Waals surface area (Å²) in [7, 11) is 0. The van der Waals surface area contributed by atoms with Crippen LogP contribution >= 0.6 is 0 Å². The highest BCUT2D eigenvalue weighted by Crippen LogP contribution is 2.21. The normalized spacial score (nSPS) is 19.5. The van der Waals surface area contributed by atoms with E-state index in [-0.39, 0.29) is 0 Å². The van der Waals surface area contributed by atoms with Gasteiger partial charge >= 0.3 is 0 Å². The van der Waals surface area contributed by atoms with E-state index in [9.17, 15) is 0 Å². The molecule has 106 valence electrons. The fourth-order valence-electron chi connectivity index (χ4n) is 2.80. The molecule has 1 atom stereocenters. The first-order valence-corrected chi connectivity index (χ1v) is 7.52. The van der Waals surface area contributed by atoms with Crippen molar-refractivity contribution in [3.63, 3.8) is 0 Å². The summed E-state index contributed by atoms with van der Waals surface area (Å²) in [4.78, 5) is 5.17. The summed E-state index contributed by atoms with van der Waals surface area (Å²) in [5.41, 5.74) is 6.97. The Morgan fingerprint density at radius 3 is 2.37 bits per heavy atom. The molecular formula is C16H27N3. The molecule has 1 heterocycles. The van der Waals surface area contributed by atoms with Gasteiger partial charge in [-0.3, -0.25) is 4.90 Å². The minimum atomic E-state index is 0.535. The summed E-state index contributed by atoms with van der Waals surface area (Å²) >= 11 is 0. The number of nitrogens with zero attached hydrogens (tertiary/aromatic N) is 2. The smallest absolute Gasteiger partial charge is 0.0320 e. The number of piperazine rings is 1. The monoisotopic (exact) mass is 261 g/mol. The second kappa shape index (κ2) is 7.63. The SMILES string of the molecule is CC(c1ccccc1)N1CCN(CCCCN)CC1. The van der Waals surface area contributed by atoms with E-state index in [1.807, 2.05) is 0 Å². The maximum Gasteiger partial charge on any atom is 0.0320 e. The molecule has 1 aliphatic heterocycles. The topological polar surface area (TPSA) is 32.5 Å². The molecule has 1 unspecified atom stereocenters. The molecular weight excluding hydrogens is 234 g/mol. The summed E-state index contributed by atoms with van der Waals surface area (Å²) in [6.45, 7) is 9.11. The van der Waals surface area contributed by atoms with E-state index < -0.39 is 0 Å². The minimum absolute atomic E-state index is 0.535. The highest BCUT2D eigenvalue weighted by atomic mass is 15.3. The first-order chi connectivity index (χ1) is 9.31. The molecule has 2 N–H and O–H groups in total. The van der Waals surface area contributed by atoms with Gasteiger partial charge in [-0.15, -0.1) is 0 Å². The van der Waals surface area contributed by atoms with Crippen LogP contribution in [0.25, 0.3) is 0 Å². The van der Waals surface area contributed by atoms with Crippen molar-refractivity contribution in [2.24, 2.45) is 5.73 Å². The van der Waals surface area contributed by atoms with Crippen molar-refractivity contribution >= 4 is 0 Å². The summed E-state index contributed by atoms with van der Waals surface area (Å²) in [5, 5.41) is 0. The van der Waals surface area contributed by atoms with Crippen LogP contribution in [-0.4, -0.2) is 49.1 Å². The third-order valence-electron chi connectivity index (χ3n) is 4.17. The Morgan fingerprint density at radius 2 is 1.74 bits per heavy atom. The Bertz CT molecular complexity index is 344. The first-order valence-electron chi connectivity index (χ1n) is 7.52. The van der Waals surface area contributed by atoms with Crippen molar-refractivity contribution in [2.75, 3.05) is 39.3 Å². The Balaban J connectivity index is 1.77. The summed E-state index contributed by atoms with van der Waals surface area (Å²) in [6.07, 6.45) is 2.39. The lowest BCUT2D eigenvalue weighted by atomic mass is 10.1. The van der Waals surface area contributed by atoms with Gasteiger partial charge in [-0.1, -0.05) is 30.3 Å². The zero-order valence-corrected chi connectivity index (χ0v) is 12.1. The van der Waals surface area contributed by atoms with Crippen molar-refractivity contribution < 1.29 is 0 Å². The minimum Gasteiger partial charge on any atom is -0.330 e. The molecule has 1 fully saturated rings. The maximum absolute atomic E-state index is 5.54. The van der Waals surface area contributed by atoms with Crippen molar-refractivity contribution in [1.82, 2.24) is 9.80 Å². The average Bonchev–Trinajstić information content (AvgIpc) is 2.48. The van der Waals surface area contributed by atoms with Gasteiger partial charge in [-0.2, -0.15) is 0 Å². The molecule has 2 rings (SSSR count). The summed E-state index contributed by atoms with van der Waals surface area (Å²) in [5.74, 6) is 0. The van der Waals surface area contributed by atoms with Gasteiger partial charge in [0.1, 0.15) is 0 Å². The number of benzene rings is 1. The van der Waals surface area contributed by atoms with Crippen molar-refractivity contribution in [3.8, 4) is 0 Å². The average molecular weight is 261 g/mol. The van der Waals surface area contributed by atoms with Crippen LogP contribution in [0.1, 0.15) is 31.4 Å². The molecule has 1 aromatic carbocycles. The Morgan fingerprint density at radius 1 is 1.05 bits per heavy atom. The third kappa shape index (κ3) is 4.30. The van der Waals surface area contributed by atoms with E-state index in [2.05, 4.69) is 47.1 Å². The lowest BCUT2D eigenvalue weighted by Crippen LogP contribution is -2.47. The van der Waals surface area contributed by atoms with Crippen LogP contribution in [0.3, 0.4) is 0 Å². The zero-order chi connectivity index (χ0) is 13.5. The van der Waals surface area contributed by atoms with Gasteiger partial charge < -0.3 is 10.6 Å². The number of rotatable bonds is 6. The highest BCUT2D eigenvalue weighted by molar-refractivity contribution is 5.18. The molecule has 1 saturated heterocycles. The van der Waals surface area contributed by atoms with Crippen molar-refractivity contribution in [2.45, 2.75) is 25.8 Å². The standard InChI is InChI=1S/C16H27N3/c1-15(16-7-3-2-4-8-16)19-13-11-18(12-14-19)10-6-5-9-17/h2-4,7-8,15H,5-6,9-14,17H2,1H3. The molecule has 1 aliphatic rings. The van der Waals surface area contributed by atoms with Gasteiger partial charge in [0, 0.05) is 32.2 Å². The molecule has 0 amide bonds. The van der Waals surface area contributed by atoms with E-state index in [1.165, 1.54) is 44.7 Å². The molecule has 0 saturated carbocycles. The number of unbranched alkanes of at least 4 members (excludes halogenated alkanes) is 1. The molecule has 0 radical (unpaired) electrons. The Kier molecular flexibility index (Phi) is 5.83. The van der Waals surface area contributed by atoms with Crippen molar-refractivity contribution in [3.05, 3.63) is 35.9 Å². The third-order valence-corrected chi connectivity index (χ3v) is 4.17. The predicted molar refractivity (Wildman–Crippen MR) is 81.2 cm³/mol. The van der Waals surface area contributed by atoms with Gasteiger partial charge in [0.25, 0.3) is 0 Å². The lowest BCUT2D eigenvalue weighted by molar-refractivity contribution is 0.101. The quantitative estimate of drug-likeness (QED) is 0.796. The first kappa shape index (κ1) is 14.5. The van der Waals surface area contributed by atoms with E-state index in [0.717, 1.165) is 13.0 Å². The van der Waals surface area contributed by atoms with Crippen LogP contribution in [-0.2, 0) is 0 Å². The molecule has 19 heavy (non-hydrogen) atoms. The molecule has 3 nitrogen and oxygen atoms in total. The molecule has 0 aromatic heterocycles. The largest absolute Gasteiger partial charge is 0.330 e. The highest BCUT2D eigenvalue weighted by Gasteiger charge is 2.21. The van der Waals surface area contributed by atoms with Gasteiger partial charge in [0.05, 0.1) is 0 Å². The molecule has 3 heteroatoms. The van der Waals surface area contributed by atoms with Crippen LogP contribution in [0.4, 0.5) is 0 Å². The number of hydrogen-bond donors (Lipinski definition) is 1. The molecule has 1 aromatic rings. The second-order valence-electron chi connectivity index (χ2n) is 5.46. The van der Waals surface area contributed by atoms with Crippen LogP contribution in [0.5, 0.6) is 0 Å². The van der Waals surface area contributed by atoms with E-state index in [0.29, 0.717) is 6.04 Å². The van der Waals surface area contributed by atoms with Crippen LogP contribution in [0.2, 0.25) is 0 Å². The fourth-order valence-corrected chi connectivity index (χ4v) is 2.80. The van der Waals surface area contributed by atoms with Crippen LogP contribution < -0.4 is 5.73 Å². The van der Waals surface area contributed by atoms with Crippen LogP contribution in [0, 0.1) is 0 Å². The summed E-state index contributed by atoms with van der Waals surface area (Å²) in [6, 6.07) is 11.4. The molecule has 0 bridgehead atoms. The number of hydrogen-bond acceptors (Lipinski definition) is 3. The lowest BCUT2D eigenvalue weighted by Gasteiger charge is -2.38. The van der Waals surface area contributed by atoms with Gasteiger partial charge in [0.15, 0.2) is 0 Å². The van der Waals surface area contributed by atoms with E-state index >= 15 is 0 Å². The maximum atomic E-state index is 5.54. The fraction of sp³-hybridized carbons (Fsp3) is 0.625. The van der Waals surface area contributed by atoms with Gasteiger partial charge in [-0.05, 0) is 38.4 Å². The van der Waals surface area contributed by atoms with E-state index in [1.54, 1.807) is 0 Å².